The van der Waals surface area contributed by atoms with Crippen molar-refractivity contribution in [1.29, 1.82) is 0 Å². The molecule has 0 aliphatic heterocycles. The van der Waals surface area contributed by atoms with Gasteiger partial charge in [-0.15, -0.1) is 0 Å². The first kappa shape index (κ1) is 12.6. The number of hydrogen-bond donors (Lipinski definition) is 1. The van der Waals surface area contributed by atoms with E-state index in [0.29, 0.717) is 12.0 Å². The van der Waals surface area contributed by atoms with Gasteiger partial charge in [0.05, 0.1) is 11.0 Å². The highest BCUT2D eigenvalue weighted by molar-refractivity contribution is 5.33. The molecule has 16 heavy (non-hydrogen) atoms. The normalized spacial score (nSPS) is 12.8. The van der Waals surface area contributed by atoms with Crippen molar-refractivity contribution in [1.82, 2.24) is 4.90 Å². The number of nitrogens with zero attached hydrogens (tertiary/aromatic N) is 2. The van der Waals surface area contributed by atoms with Gasteiger partial charge in [-0.2, -0.15) is 0 Å². The number of benzene rings is 1. The van der Waals surface area contributed by atoms with Gasteiger partial charge in [-0.25, -0.2) is 0 Å². The summed E-state index contributed by atoms with van der Waals surface area (Å²) < 4.78 is 0. The van der Waals surface area contributed by atoms with Crippen LogP contribution in [-0.2, 0) is 0 Å². The van der Waals surface area contributed by atoms with Crippen molar-refractivity contribution >= 4 is 5.69 Å². The van der Waals surface area contributed by atoms with Crippen LogP contribution in [0.15, 0.2) is 24.3 Å². The number of rotatable bonds is 5. The Kier molecular flexibility index (Phi) is 4.39. The van der Waals surface area contributed by atoms with Crippen molar-refractivity contribution in [3.63, 3.8) is 0 Å². The van der Waals surface area contributed by atoms with Crippen molar-refractivity contribution in [3.05, 3.63) is 39.9 Å². The highest BCUT2D eigenvalue weighted by Gasteiger charge is 2.10. The number of aliphatic hydroxyl groups is 1. The van der Waals surface area contributed by atoms with Crippen molar-refractivity contribution in [2.75, 3.05) is 20.6 Å². The summed E-state index contributed by atoms with van der Waals surface area (Å²) in [6.45, 7) is 0.776. The Balaban J connectivity index is 2.63. The lowest BCUT2D eigenvalue weighted by atomic mass is 10.1. The van der Waals surface area contributed by atoms with Gasteiger partial charge in [-0.1, -0.05) is 0 Å². The SMILES string of the molecule is CN(C)CC[C@H](O)c1ccc([N+](=O)[O-])cc1. The van der Waals surface area contributed by atoms with Gasteiger partial charge in [0.2, 0.25) is 0 Å². The summed E-state index contributed by atoms with van der Waals surface area (Å²) in [6.07, 6.45) is 0.0494. The van der Waals surface area contributed by atoms with Crippen LogP contribution in [-0.4, -0.2) is 35.6 Å². The molecule has 0 radical (unpaired) electrons. The van der Waals surface area contributed by atoms with E-state index in [1.54, 1.807) is 12.1 Å². The van der Waals surface area contributed by atoms with Gasteiger partial charge in [-0.3, -0.25) is 10.1 Å². The summed E-state index contributed by atoms with van der Waals surface area (Å²) >= 11 is 0. The summed E-state index contributed by atoms with van der Waals surface area (Å²) in [6, 6.07) is 6.01. The van der Waals surface area contributed by atoms with Crippen molar-refractivity contribution in [3.8, 4) is 0 Å². The molecule has 1 rings (SSSR count). The Bertz CT molecular complexity index is 349. The molecule has 0 aliphatic rings. The molecule has 0 bridgehead atoms. The van der Waals surface area contributed by atoms with Crippen molar-refractivity contribution < 1.29 is 10.0 Å². The van der Waals surface area contributed by atoms with Crippen LogP contribution >= 0.6 is 0 Å². The van der Waals surface area contributed by atoms with E-state index in [1.807, 2.05) is 19.0 Å². The van der Waals surface area contributed by atoms with E-state index in [-0.39, 0.29) is 5.69 Å². The third kappa shape index (κ3) is 3.60. The van der Waals surface area contributed by atoms with E-state index in [4.69, 9.17) is 0 Å². The zero-order valence-electron chi connectivity index (χ0n) is 9.46. The molecule has 5 nitrogen and oxygen atoms in total. The second kappa shape index (κ2) is 5.58. The first-order valence-electron chi connectivity index (χ1n) is 5.08. The molecule has 0 unspecified atom stereocenters. The first-order chi connectivity index (χ1) is 7.50. The minimum atomic E-state index is -0.566. The largest absolute Gasteiger partial charge is 0.388 e. The van der Waals surface area contributed by atoms with Crippen LogP contribution < -0.4 is 0 Å². The molecule has 1 atom stereocenters. The van der Waals surface area contributed by atoms with Gasteiger partial charge in [-0.05, 0) is 38.2 Å². The molecule has 1 aromatic carbocycles. The van der Waals surface area contributed by atoms with E-state index in [0.717, 1.165) is 6.54 Å². The number of hydrogen-bond acceptors (Lipinski definition) is 4. The van der Waals surface area contributed by atoms with Crippen LogP contribution in [0.3, 0.4) is 0 Å². The van der Waals surface area contributed by atoms with E-state index in [9.17, 15) is 15.2 Å². The molecule has 0 saturated carbocycles. The monoisotopic (exact) mass is 224 g/mol. The molecule has 88 valence electrons. The quantitative estimate of drug-likeness (QED) is 0.609. The first-order valence-corrected chi connectivity index (χ1v) is 5.08. The van der Waals surface area contributed by atoms with E-state index in [2.05, 4.69) is 0 Å². The second-order valence-corrected chi connectivity index (χ2v) is 3.96. The van der Waals surface area contributed by atoms with Gasteiger partial charge in [0.1, 0.15) is 0 Å². The zero-order valence-corrected chi connectivity index (χ0v) is 9.46. The highest BCUT2D eigenvalue weighted by atomic mass is 16.6. The average molecular weight is 224 g/mol. The minimum Gasteiger partial charge on any atom is -0.388 e. The fourth-order valence-electron chi connectivity index (χ4n) is 1.37. The van der Waals surface area contributed by atoms with Crippen molar-refractivity contribution in [2.45, 2.75) is 12.5 Å². The van der Waals surface area contributed by atoms with Crippen LogP contribution in [0, 0.1) is 10.1 Å². The number of nitro benzene ring substituents is 1. The third-order valence-corrected chi connectivity index (χ3v) is 2.34. The summed E-state index contributed by atoms with van der Waals surface area (Å²) in [5.41, 5.74) is 0.760. The predicted molar refractivity (Wildman–Crippen MR) is 61.2 cm³/mol. The van der Waals surface area contributed by atoms with E-state index in [1.165, 1.54) is 12.1 Å². The highest BCUT2D eigenvalue weighted by Crippen LogP contribution is 2.19. The van der Waals surface area contributed by atoms with Crippen LogP contribution in [0.5, 0.6) is 0 Å². The van der Waals surface area contributed by atoms with Crippen LogP contribution in [0.2, 0.25) is 0 Å². The number of non-ortho nitro benzene ring substituents is 1. The Morgan fingerprint density at radius 2 is 1.94 bits per heavy atom. The Morgan fingerprint density at radius 3 is 2.38 bits per heavy atom. The fourth-order valence-corrected chi connectivity index (χ4v) is 1.37. The van der Waals surface area contributed by atoms with Gasteiger partial charge in [0, 0.05) is 18.7 Å². The van der Waals surface area contributed by atoms with Crippen molar-refractivity contribution in [2.24, 2.45) is 0 Å². The molecule has 1 aromatic rings. The maximum atomic E-state index is 10.4. The zero-order chi connectivity index (χ0) is 12.1. The summed E-state index contributed by atoms with van der Waals surface area (Å²) in [5, 5.41) is 20.2. The molecule has 0 aliphatic carbocycles. The molecule has 0 aromatic heterocycles. The molecule has 0 amide bonds. The fraction of sp³-hybridized carbons (Fsp3) is 0.455. The van der Waals surface area contributed by atoms with Gasteiger partial charge < -0.3 is 10.0 Å². The van der Waals surface area contributed by atoms with Crippen LogP contribution in [0.4, 0.5) is 5.69 Å². The lowest BCUT2D eigenvalue weighted by molar-refractivity contribution is -0.384. The smallest absolute Gasteiger partial charge is 0.269 e. The molecule has 5 heteroatoms. The topological polar surface area (TPSA) is 66.6 Å². The molecule has 1 N–H and O–H groups in total. The molecule has 0 fully saturated rings. The predicted octanol–water partition coefficient (Wildman–Crippen LogP) is 1.58. The maximum absolute atomic E-state index is 10.4. The molecule has 0 spiro atoms. The Hall–Kier alpha value is -1.46. The summed E-state index contributed by atoms with van der Waals surface area (Å²) in [4.78, 5) is 12.0. The summed E-state index contributed by atoms with van der Waals surface area (Å²) in [5.74, 6) is 0. The number of aliphatic hydroxyl groups excluding tert-OH is 1. The van der Waals surface area contributed by atoms with E-state index >= 15 is 0 Å². The van der Waals surface area contributed by atoms with Crippen LogP contribution in [0.25, 0.3) is 0 Å². The molecule has 0 heterocycles. The maximum Gasteiger partial charge on any atom is 0.269 e. The minimum absolute atomic E-state index is 0.0450. The lowest BCUT2D eigenvalue weighted by Gasteiger charge is -2.14. The van der Waals surface area contributed by atoms with Crippen LogP contribution in [0.1, 0.15) is 18.1 Å². The second-order valence-electron chi connectivity index (χ2n) is 3.96. The van der Waals surface area contributed by atoms with Gasteiger partial charge in [0.25, 0.3) is 5.69 Å². The standard InChI is InChI=1S/C11H16N2O3/c1-12(2)8-7-11(14)9-3-5-10(6-4-9)13(15)16/h3-6,11,14H,7-8H2,1-2H3/t11-/m0/s1. The Morgan fingerprint density at radius 1 is 1.38 bits per heavy atom. The molecular weight excluding hydrogens is 208 g/mol. The molecular formula is C11H16N2O3. The lowest BCUT2D eigenvalue weighted by Crippen LogP contribution is -2.15. The van der Waals surface area contributed by atoms with Gasteiger partial charge >= 0.3 is 0 Å². The summed E-state index contributed by atoms with van der Waals surface area (Å²) in [7, 11) is 3.87. The molecule has 0 saturated heterocycles. The number of nitro groups is 1. The van der Waals surface area contributed by atoms with E-state index < -0.39 is 11.0 Å². The Labute approximate surface area is 94.5 Å². The average Bonchev–Trinajstić information content (AvgIpc) is 2.26. The van der Waals surface area contributed by atoms with Gasteiger partial charge in [0.15, 0.2) is 0 Å². The third-order valence-electron chi connectivity index (χ3n) is 2.34.